The Bertz CT molecular complexity index is 2280. The van der Waals surface area contributed by atoms with Gasteiger partial charge in [0.25, 0.3) is 0 Å². The lowest BCUT2D eigenvalue weighted by atomic mass is 9.99. The lowest BCUT2D eigenvalue weighted by Crippen LogP contribution is -2.43. The van der Waals surface area contributed by atoms with Gasteiger partial charge in [-0.15, -0.1) is 0 Å². The van der Waals surface area contributed by atoms with Gasteiger partial charge >= 0.3 is 12.1 Å². The maximum atomic E-state index is 15.1. The van der Waals surface area contributed by atoms with Crippen molar-refractivity contribution in [2.45, 2.75) is 61.7 Å². The zero-order valence-electron chi connectivity index (χ0n) is 28.6. The molecule has 0 unspecified atom stereocenters. The van der Waals surface area contributed by atoms with Crippen LogP contribution in [0.3, 0.4) is 0 Å². The van der Waals surface area contributed by atoms with E-state index in [9.17, 15) is 53.8 Å². The van der Waals surface area contributed by atoms with Crippen LogP contribution in [0.4, 0.5) is 45.2 Å². The van der Waals surface area contributed by atoms with E-state index in [-0.39, 0.29) is 21.7 Å². The van der Waals surface area contributed by atoms with Crippen molar-refractivity contribution in [3.05, 3.63) is 122 Å². The summed E-state index contributed by atoms with van der Waals surface area (Å²) in [7, 11) is -5.93. The Hall–Kier alpha value is -4.81. The lowest BCUT2D eigenvalue weighted by molar-refractivity contribution is -0.153. The number of anilines is 1. The van der Waals surface area contributed by atoms with Gasteiger partial charge in [-0.3, -0.25) is 4.79 Å². The van der Waals surface area contributed by atoms with Crippen LogP contribution < -0.4 is 9.64 Å². The predicted octanol–water partition coefficient (Wildman–Crippen LogP) is 8.99. The summed E-state index contributed by atoms with van der Waals surface area (Å²) < 4.78 is 160. The number of rotatable bonds is 14. The molecule has 0 bridgehead atoms. The van der Waals surface area contributed by atoms with E-state index in [4.69, 9.17) is 16.3 Å². The summed E-state index contributed by atoms with van der Waals surface area (Å²) in [5.74, 6) is -17.7. The molecule has 0 aromatic heterocycles. The molecule has 298 valence electrons. The van der Waals surface area contributed by atoms with Crippen LogP contribution in [-0.4, -0.2) is 49.0 Å². The van der Waals surface area contributed by atoms with E-state index >= 15 is 8.78 Å². The van der Waals surface area contributed by atoms with Gasteiger partial charge in [0.15, 0.2) is 34.8 Å². The fourth-order valence-corrected chi connectivity index (χ4v) is 7.73. The van der Waals surface area contributed by atoms with Crippen molar-refractivity contribution in [2.24, 2.45) is 0 Å². The van der Waals surface area contributed by atoms with Gasteiger partial charge in [0.1, 0.15) is 11.6 Å². The third-order valence-corrected chi connectivity index (χ3v) is 11.3. The number of hydrogen-bond acceptors (Lipinski definition) is 5. The molecule has 2 aliphatic rings. The molecule has 0 heterocycles. The summed E-state index contributed by atoms with van der Waals surface area (Å²) in [5, 5.41) is 9.11. The van der Waals surface area contributed by atoms with Crippen molar-refractivity contribution in [2.75, 3.05) is 18.1 Å². The highest BCUT2D eigenvalue weighted by Crippen LogP contribution is 2.46. The fourth-order valence-electron chi connectivity index (χ4n) is 6.02. The first-order valence-electron chi connectivity index (χ1n) is 16.7. The summed E-state index contributed by atoms with van der Waals surface area (Å²) >= 11 is 6.10. The predicted molar refractivity (Wildman–Crippen MR) is 182 cm³/mol. The molecular weight excluding hydrogens is 807 g/mol. The molecule has 6 rings (SSSR count). The van der Waals surface area contributed by atoms with Crippen molar-refractivity contribution >= 4 is 39.2 Å². The second-order valence-corrected chi connectivity index (χ2v) is 15.6. The quantitative estimate of drug-likeness (QED) is 0.0773. The van der Waals surface area contributed by atoms with Gasteiger partial charge in [-0.05, 0) is 90.1 Å². The minimum atomic E-state index is -5.93. The molecule has 2 aliphatic carbocycles. The molecular formula is C37H28ClF9N2O6S. The molecule has 2 saturated carbocycles. The number of sulfonamides is 1. The normalized spacial score (nSPS) is 14.6. The standard InChI is InChI=1S/C37H28ClF9N2O6S/c38-26-13-25(39)7-5-22(26)15-48(56(53,54)35-33(43)31(41)30(40)32(42)34(35)44)16-29(50)49(14-18-9-23(19-1-2-19)11-24(10-18)20-3-4-20)27-8-6-21(36(51)52)12-28(27)55-17-37(45,46)47/h5-13,19-20H,1-4,14-17H2,(H,51,52). The van der Waals surface area contributed by atoms with Gasteiger partial charge in [-0.2, -0.15) is 17.5 Å². The Morgan fingerprint density at radius 3 is 1.88 bits per heavy atom. The van der Waals surface area contributed by atoms with E-state index in [1.165, 1.54) is 0 Å². The van der Waals surface area contributed by atoms with Crippen molar-refractivity contribution in [3.63, 3.8) is 0 Å². The van der Waals surface area contributed by atoms with Crippen LogP contribution in [0.1, 0.15) is 70.1 Å². The van der Waals surface area contributed by atoms with Crippen molar-refractivity contribution in [1.29, 1.82) is 0 Å². The molecule has 19 heteroatoms. The number of aromatic carboxylic acids is 1. The topological polar surface area (TPSA) is 104 Å². The van der Waals surface area contributed by atoms with Crippen LogP contribution >= 0.6 is 11.6 Å². The maximum absolute atomic E-state index is 15.1. The summed E-state index contributed by atoms with van der Waals surface area (Å²) in [6.45, 7) is -5.09. The van der Waals surface area contributed by atoms with Crippen LogP contribution in [0.2, 0.25) is 5.02 Å². The van der Waals surface area contributed by atoms with Crippen LogP contribution in [0, 0.1) is 34.9 Å². The van der Waals surface area contributed by atoms with Crippen LogP contribution in [0.5, 0.6) is 5.75 Å². The van der Waals surface area contributed by atoms with E-state index in [2.05, 4.69) is 0 Å². The first-order chi connectivity index (χ1) is 26.2. The second kappa shape index (κ2) is 15.6. The average molecular weight is 835 g/mol. The van der Waals surface area contributed by atoms with E-state index in [1.54, 1.807) is 12.1 Å². The molecule has 56 heavy (non-hydrogen) atoms. The van der Waals surface area contributed by atoms with Crippen molar-refractivity contribution in [1.82, 2.24) is 4.31 Å². The minimum Gasteiger partial charge on any atom is -0.482 e. The monoisotopic (exact) mass is 834 g/mol. The molecule has 8 nitrogen and oxygen atoms in total. The smallest absolute Gasteiger partial charge is 0.422 e. The van der Waals surface area contributed by atoms with Gasteiger partial charge in [-0.25, -0.2) is 39.6 Å². The van der Waals surface area contributed by atoms with Crippen LogP contribution in [0.15, 0.2) is 59.5 Å². The third-order valence-electron chi connectivity index (χ3n) is 9.11. The number of benzene rings is 4. The van der Waals surface area contributed by atoms with E-state index < -0.39 is 116 Å². The van der Waals surface area contributed by atoms with Crippen LogP contribution in [0.25, 0.3) is 0 Å². The number of carboxylic acid groups (broad SMARTS) is 1. The fraction of sp³-hybridized carbons (Fsp3) is 0.297. The summed E-state index contributed by atoms with van der Waals surface area (Å²) in [6, 6.07) is 10.5. The number of hydrogen-bond donors (Lipinski definition) is 1. The first kappa shape index (κ1) is 40.8. The van der Waals surface area contributed by atoms with Crippen LogP contribution in [-0.2, 0) is 27.9 Å². The highest BCUT2D eigenvalue weighted by atomic mass is 35.5. The number of ether oxygens (including phenoxy) is 1. The van der Waals surface area contributed by atoms with E-state index in [1.807, 2.05) is 6.07 Å². The van der Waals surface area contributed by atoms with Gasteiger partial charge in [0.2, 0.25) is 21.7 Å². The molecule has 4 aromatic carbocycles. The second-order valence-electron chi connectivity index (χ2n) is 13.3. The molecule has 1 amide bonds. The largest absolute Gasteiger partial charge is 0.482 e. The lowest BCUT2D eigenvalue weighted by Gasteiger charge is -2.29. The highest BCUT2D eigenvalue weighted by molar-refractivity contribution is 7.89. The van der Waals surface area contributed by atoms with Crippen molar-refractivity contribution in [3.8, 4) is 5.75 Å². The number of alkyl halides is 3. The Morgan fingerprint density at radius 2 is 1.36 bits per heavy atom. The Labute approximate surface area is 318 Å². The Balaban J connectivity index is 1.50. The average Bonchev–Trinajstić information content (AvgIpc) is 4.05. The van der Waals surface area contributed by atoms with Gasteiger partial charge in [-0.1, -0.05) is 35.9 Å². The summed E-state index contributed by atoms with van der Waals surface area (Å²) in [5.41, 5.74) is 0.839. The van der Waals surface area contributed by atoms with Gasteiger partial charge in [0, 0.05) is 11.6 Å². The number of halogens is 10. The number of carbonyl (C=O) groups excluding carboxylic acids is 1. The molecule has 4 aromatic rings. The molecule has 0 aliphatic heterocycles. The molecule has 2 fully saturated rings. The number of nitrogens with zero attached hydrogens (tertiary/aromatic N) is 2. The highest BCUT2D eigenvalue weighted by Gasteiger charge is 2.40. The van der Waals surface area contributed by atoms with Crippen molar-refractivity contribution < 1.29 is 67.4 Å². The molecule has 0 radical (unpaired) electrons. The van der Waals surface area contributed by atoms with E-state index in [0.29, 0.717) is 17.7 Å². The van der Waals surface area contributed by atoms with E-state index in [0.717, 1.165) is 66.0 Å². The zero-order valence-corrected chi connectivity index (χ0v) is 30.2. The SMILES string of the molecule is O=C(O)c1ccc(N(Cc2cc(C3CC3)cc(C3CC3)c2)C(=O)CN(Cc2ccc(F)cc2Cl)S(=O)(=O)c2c(F)c(F)c(F)c(F)c2F)c(OCC(F)(F)F)c1. The summed E-state index contributed by atoms with van der Waals surface area (Å²) in [6.07, 6.45) is -1.52. The van der Waals surface area contributed by atoms with Gasteiger partial charge in [0.05, 0.1) is 24.3 Å². The number of carbonyl (C=O) groups is 2. The molecule has 0 spiro atoms. The minimum absolute atomic E-state index is 0.00214. The molecule has 0 saturated heterocycles. The first-order valence-corrected chi connectivity index (χ1v) is 18.5. The summed E-state index contributed by atoms with van der Waals surface area (Å²) in [4.78, 5) is 24.7. The molecule has 0 atom stereocenters. The Kier molecular flexibility index (Phi) is 11.4. The Morgan fingerprint density at radius 1 is 0.786 bits per heavy atom. The maximum Gasteiger partial charge on any atom is 0.422 e. The zero-order chi connectivity index (χ0) is 40.9. The van der Waals surface area contributed by atoms with Gasteiger partial charge < -0.3 is 14.7 Å². The molecule has 1 N–H and O–H groups in total. The number of amides is 1. The third kappa shape index (κ3) is 8.92. The number of carboxylic acids is 1.